The molecule has 0 aromatic heterocycles. The van der Waals surface area contributed by atoms with Crippen molar-refractivity contribution >= 4 is 17.5 Å². The predicted molar refractivity (Wildman–Crippen MR) is 95.0 cm³/mol. The fourth-order valence-electron chi connectivity index (χ4n) is 3.67. The van der Waals surface area contributed by atoms with Gasteiger partial charge in [-0.2, -0.15) is 0 Å². The molecule has 0 aliphatic carbocycles. The first-order chi connectivity index (χ1) is 13.1. The van der Waals surface area contributed by atoms with Crippen LogP contribution in [0.1, 0.15) is 11.6 Å². The van der Waals surface area contributed by atoms with E-state index < -0.39 is 18.1 Å². The summed E-state index contributed by atoms with van der Waals surface area (Å²) in [6.07, 6.45) is -0.899. The summed E-state index contributed by atoms with van der Waals surface area (Å²) in [6, 6.07) is 14.7. The topological polar surface area (TPSA) is 59.1 Å². The number of hydroxylamine groups is 1. The lowest BCUT2D eigenvalue weighted by Gasteiger charge is -2.28. The summed E-state index contributed by atoms with van der Waals surface area (Å²) in [5, 5.41) is 1.59. The Hall–Kier alpha value is -2.77. The van der Waals surface area contributed by atoms with Crippen molar-refractivity contribution in [3.8, 4) is 0 Å². The second-order valence-electron chi connectivity index (χ2n) is 6.53. The molecule has 2 aliphatic heterocycles. The number of methoxy groups -OCH3 is 1. The van der Waals surface area contributed by atoms with E-state index >= 15 is 0 Å². The predicted octanol–water partition coefficient (Wildman–Crippen LogP) is 2.32. The molecule has 0 saturated carbocycles. The summed E-state index contributed by atoms with van der Waals surface area (Å²) >= 11 is 0. The van der Waals surface area contributed by atoms with Gasteiger partial charge in [-0.05, 0) is 29.8 Å². The number of imide groups is 1. The number of hydrogen-bond donors (Lipinski definition) is 0. The van der Waals surface area contributed by atoms with Crippen molar-refractivity contribution in [2.24, 2.45) is 5.92 Å². The Morgan fingerprint density at radius 1 is 1.04 bits per heavy atom. The molecule has 27 heavy (non-hydrogen) atoms. The van der Waals surface area contributed by atoms with E-state index in [4.69, 9.17) is 9.57 Å². The average Bonchev–Trinajstić information content (AvgIpc) is 3.19. The number of halogens is 1. The number of ether oxygens (including phenoxy) is 1. The number of rotatable bonds is 5. The molecular weight excluding hydrogens is 351 g/mol. The van der Waals surface area contributed by atoms with E-state index in [1.807, 2.05) is 30.3 Å². The van der Waals surface area contributed by atoms with E-state index in [-0.39, 0.29) is 30.8 Å². The molecule has 2 aromatic carbocycles. The number of carbonyl (C=O) groups excluding carboxylic acids is 2. The molecule has 0 N–H and O–H groups in total. The maximum absolute atomic E-state index is 13.4. The highest BCUT2D eigenvalue weighted by molar-refractivity contribution is 6.07. The zero-order valence-corrected chi connectivity index (χ0v) is 14.7. The van der Waals surface area contributed by atoms with Crippen LogP contribution in [0.25, 0.3) is 0 Å². The first-order valence-electron chi connectivity index (χ1n) is 8.72. The number of nitrogens with zero attached hydrogens (tertiary/aromatic N) is 2. The van der Waals surface area contributed by atoms with Crippen LogP contribution < -0.4 is 5.06 Å². The zero-order chi connectivity index (χ0) is 19.0. The van der Waals surface area contributed by atoms with E-state index in [1.54, 1.807) is 17.2 Å². The van der Waals surface area contributed by atoms with Crippen LogP contribution in [-0.4, -0.2) is 43.1 Å². The lowest BCUT2D eigenvalue weighted by atomic mass is 9.90. The van der Waals surface area contributed by atoms with Crippen molar-refractivity contribution in [2.75, 3.05) is 25.3 Å². The number of hydrogen-bond acceptors (Lipinski definition) is 5. The molecule has 2 saturated heterocycles. The molecule has 0 spiro atoms. The Bertz CT molecular complexity index is 843. The highest BCUT2D eigenvalue weighted by atomic mass is 19.1. The van der Waals surface area contributed by atoms with E-state index in [9.17, 15) is 14.0 Å². The van der Waals surface area contributed by atoms with Crippen molar-refractivity contribution in [3.05, 3.63) is 66.0 Å². The summed E-state index contributed by atoms with van der Waals surface area (Å²) in [7, 11) is 1.51. The van der Waals surface area contributed by atoms with Crippen LogP contribution >= 0.6 is 0 Å². The molecule has 2 amide bonds. The number of carbonyl (C=O) groups is 2. The second-order valence-corrected chi connectivity index (χ2v) is 6.53. The van der Waals surface area contributed by atoms with E-state index in [2.05, 4.69) is 0 Å². The van der Waals surface area contributed by atoms with Gasteiger partial charge in [0.25, 0.3) is 5.91 Å². The maximum Gasteiger partial charge on any atom is 0.262 e. The van der Waals surface area contributed by atoms with Crippen molar-refractivity contribution in [2.45, 2.75) is 12.1 Å². The fraction of sp³-hybridized carbons (Fsp3) is 0.300. The number of likely N-dealkylation sites (tertiary alicyclic amines) is 1. The highest BCUT2D eigenvalue weighted by Crippen LogP contribution is 2.46. The highest BCUT2D eigenvalue weighted by Gasteiger charge is 2.59. The minimum Gasteiger partial charge on any atom is -0.383 e. The minimum atomic E-state index is -0.899. The molecule has 7 heteroatoms. The molecule has 6 nitrogen and oxygen atoms in total. The summed E-state index contributed by atoms with van der Waals surface area (Å²) in [4.78, 5) is 32.9. The van der Waals surface area contributed by atoms with Crippen LogP contribution in [0.3, 0.4) is 0 Å². The first-order valence-corrected chi connectivity index (χ1v) is 8.72. The summed E-state index contributed by atoms with van der Waals surface area (Å²) in [5.74, 6) is -1.72. The Labute approximate surface area is 156 Å². The smallest absolute Gasteiger partial charge is 0.262 e. The lowest BCUT2D eigenvalue weighted by molar-refractivity contribution is -0.143. The quantitative estimate of drug-likeness (QED) is 0.756. The van der Waals surface area contributed by atoms with Crippen LogP contribution in [0.2, 0.25) is 0 Å². The standard InChI is InChI=1S/C20H19FN2O4/c1-26-12-11-22-19(24)16-17(13-7-9-14(21)10-8-13)23(27-18(16)20(22)25)15-5-3-2-4-6-15/h2-10,16-18H,11-12H2,1H3/t16-,17-,18-/m0/s1. The van der Waals surface area contributed by atoms with Gasteiger partial charge in [-0.15, -0.1) is 0 Å². The van der Waals surface area contributed by atoms with E-state index in [1.165, 1.54) is 24.1 Å². The number of fused-ring (bicyclic) bond motifs is 1. The SMILES string of the molecule is COCCN1C(=O)[C@@H]2[C@H](ON(c3ccccc3)[C@H]2c2ccc(F)cc2)C1=O. The molecule has 4 rings (SSSR count). The first kappa shape index (κ1) is 17.6. The largest absolute Gasteiger partial charge is 0.383 e. The fourth-order valence-corrected chi connectivity index (χ4v) is 3.67. The van der Waals surface area contributed by atoms with Crippen LogP contribution in [0, 0.1) is 11.7 Å². The van der Waals surface area contributed by atoms with Gasteiger partial charge >= 0.3 is 0 Å². The number of para-hydroxylation sites is 1. The Balaban J connectivity index is 1.73. The molecule has 0 bridgehead atoms. The van der Waals surface area contributed by atoms with Crippen LogP contribution in [-0.2, 0) is 19.2 Å². The van der Waals surface area contributed by atoms with Gasteiger partial charge in [0.2, 0.25) is 5.91 Å². The molecule has 140 valence electrons. The van der Waals surface area contributed by atoms with Gasteiger partial charge in [0, 0.05) is 7.11 Å². The Kier molecular flexibility index (Phi) is 4.63. The normalized spacial score (nSPS) is 24.6. The van der Waals surface area contributed by atoms with Gasteiger partial charge in [0.05, 0.1) is 24.9 Å². The Morgan fingerprint density at radius 3 is 2.41 bits per heavy atom. The van der Waals surface area contributed by atoms with Gasteiger partial charge in [0.1, 0.15) is 11.7 Å². The van der Waals surface area contributed by atoms with Crippen LogP contribution in [0.4, 0.5) is 10.1 Å². The second kappa shape index (κ2) is 7.09. The summed E-state index contributed by atoms with van der Waals surface area (Å²) in [6.45, 7) is 0.451. The molecule has 0 radical (unpaired) electrons. The summed E-state index contributed by atoms with van der Waals surface area (Å²) in [5.41, 5.74) is 1.44. The van der Waals surface area contributed by atoms with Crippen molar-refractivity contribution in [1.82, 2.24) is 4.90 Å². The molecule has 3 atom stereocenters. The molecule has 2 fully saturated rings. The van der Waals surface area contributed by atoms with Gasteiger partial charge in [-0.3, -0.25) is 19.3 Å². The van der Waals surface area contributed by atoms with Crippen molar-refractivity contribution in [3.63, 3.8) is 0 Å². The third-order valence-electron chi connectivity index (χ3n) is 4.95. The molecule has 0 unspecified atom stereocenters. The number of benzene rings is 2. The minimum absolute atomic E-state index is 0.187. The van der Waals surface area contributed by atoms with Crippen LogP contribution in [0.15, 0.2) is 54.6 Å². The van der Waals surface area contributed by atoms with Crippen molar-refractivity contribution in [1.29, 1.82) is 0 Å². The van der Waals surface area contributed by atoms with E-state index in [0.29, 0.717) is 5.56 Å². The van der Waals surface area contributed by atoms with Gasteiger partial charge in [-0.1, -0.05) is 30.3 Å². The third-order valence-corrected chi connectivity index (χ3v) is 4.95. The van der Waals surface area contributed by atoms with Gasteiger partial charge < -0.3 is 4.74 Å². The Morgan fingerprint density at radius 2 is 1.74 bits per heavy atom. The van der Waals surface area contributed by atoms with Crippen LogP contribution in [0.5, 0.6) is 0 Å². The molecule has 2 aromatic rings. The van der Waals surface area contributed by atoms with Gasteiger partial charge in [0.15, 0.2) is 6.10 Å². The van der Waals surface area contributed by atoms with E-state index in [0.717, 1.165) is 5.69 Å². The third kappa shape index (κ3) is 2.98. The van der Waals surface area contributed by atoms with Crippen molar-refractivity contribution < 1.29 is 23.6 Å². The zero-order valence-electron chi connectivity index (χ0n) is 14.7. The lowest BCUT2D eigenvalue weighted by Crippen LogP contribution is -2.39. The maximum atomic E-state index is 13.4. The average molecular weight is 370 g/mol. The monoisotopic (exact) mass is 370 g/mol. The molecule has 2 heterocycles. The number of anilines is 1. The number of amides is 2. The molecular formula is C20H19FN2O4. The van der Waals surface area contributed by atoms with Gasteiger partial charge in [-0.25, -0.2) is 9.45 Å². The molecule has 2 aliphatic rings. The summed E-state index contributed by atoms with van der Waals surface area (Å²) < 4.78 is 18.4.